The number of amides is 1. The highest BCUT2D eigenvalue weighted by Gasteiger charge is 2.32. The molecule has 16 heavy (non-hydrogen) atoms. The summed E-state index contributed by atoms with van der Waals surface area (Å²) in [7, 11) is 1.85. The predicted molar refractivity (Wildman–Crippen MR) is 61.3 cm³/mol. The molecule has 1 heterocycles. The average Bonchev–Trinajstić information content (AvgIpc) is 2.71. The number of carbonyl (C=O) groups excluding carboxylic acids is 1. The summed E-state index contributed by atoms with van der Waals surface area (Å²) in [6.07, 6.45) is 0.205. The van der Waals surface area contributed by atoms with Gasteiger partial charge in [0.1, 0.15) is 0 Å². The highest BCUT2D eigenvalue weighted by Crippen LogP contribution is 2.13. The van der Waals surface area contributed by atoms with Gasteiger partial charge in [0.05, 0.1) is 31.8 Å². The first kappa shape index (κ1) is 13.4. The van der Waals surface area contributed by atoms with Crippen LogP contribution in [0, 0.1) is 5.92 Å². The zero-order valence-electron chi connectivity index (χ0n) is 10.3. The third kappa shape index (κ3) is 4.08. The van der Waals surface area contributed by atoms with Crippen LogP contribution >= 0.6 is 0 Å². The molecule has 0 spiro atoms. The van der Waals surface area contributed by atoms with Gasteiger partial charge in [0, 0.05) is 12.6 Å². The summed E-state index contributed by atoms with van der Waals surface area (Å²) in [4.78, 5) is 11.8. The third-order valence-corrected chi connectivity index (χ3v) is 2.64. The molecule has 0 bridgehead atoms. The van der Waals surface area contributed by atoms with Crippen molar-refractivity contribution >= 4 is 5.91 Å². The molecule has 1 rings (SSSR count). The van der Waals surface area contributed by atoms with E-state index in [1.807, 2.05) is 20.9 Å². The summed E-state index contributed by atoms with van der Waals surface area (Å²) in [5.74, 6) is -0.0340. The normalized spacial score (nSPS) is 25.0. The van der Waals surface area contributed by atoms with Crippen LogP contribution < -0.4 is 10.6 Å². The Balaban J connectivity index is 2.19. The number of carbonyl (C=O) groups is 1. The molecule has 0 radical (unpaired) electrons. The molecule has 2 N–H and O–H groups in total. The largest absolute Gasteiger partial charge is 0.379 e. The lowest BCUT2D eigenvalue weighted by atomic mass is 10.0. The highest BCUT2D eigenvalue weighted by atomic mass is 16.5. The first-order valence-corrected chi connectivity index (χ1v) is 5.79. The molecule has 0 aromatic heterocycles. The van der Waals surface area contributed by atoms with Crippen molar-refractivity contribution in [1.29, 1.82) is 0 Å². The fraction of sp³-hybridized carbons (Fsp3) is 0.909. The number of ether oxygens (including phenoxy) is 2. The molecule has 1 saturated heterocycles. The Labute approximate surface area is 96.9 Å². The Kier molecular flexibility index (Phi) is 5.73. The van der Waals surface area contributed by atoms with E-state index in [0.29, 0.717) is 26.4 Å². The minimum absolute atomic E-state index is 0.0456. The summed E-state index contributed by atoms with van der Waals surface area (Å²) in [5, 5.41) is 5.95. The Hall–Kier alpha value is -0.650. The van der Waals surface area contributed by atoms with E-state index >= 15 is 0 Å². The second kappa shape index (κ2) is 6.83. The maximum absolute atomic E-state index is 11.8. The van der Waals surface area contributed by atoms with Crippen molar-refractivity contribution in [3.8, 4) is 0 Å². The van der Waals surface area contributed by atoms with E-state index in [1.165, 1.54) is 0 Å². The number of hydrogen-bond donors (Lipinski definition) is 2. The maximum atomic E-state index is 11.8. The fourth-order valence-corrected chi connectivity index (χ4v) is 1.70. The Morgan fingerprint density at radius 3 is 2.88 bits per heavy atom. The quantitative estimate of drug-likeness (QED) is 0.618. The molecule has 94 valence electrons. The predicted octanol–water partition coefficient (Wildman–Crippen LogP) is -0.238. The van der Waals surface area contributed by atoms with E-state index in [0.717, 1.165) is 0 Å². The van der Waals surface area contributed by atoms with Crippen LogP contribution in [0.5, 0.6) is 0 Å². The van der Waals surface area contributed by atoms with Gasteiger partial charge in [0.15, 0.2) is 0 Å². The molecule has 0 aromatic rings. The molecular formula is C11H22N2O3. The SMILES string of the molecule is CNC1COCC1C(=O)NCCOC(C)C. The summed E-state index contributed by atoms with van der Waals surface area (Å²) >= 11 is 0. The van der Waals surface area contributed by atoms with Crippen molar-refractivity contribution < 1.29 is 14.3 Å². The third-order valence-electron chi connectivity index (χ3n) is 2.64. The molecule has 1 amide bonds. The summed E-state index contributed by atoms with van der Waals surface area (Å²) in [5.41, 5.74) is 0. The molecule has 1 aliphatic heterocycles. The van der Waals surface area contributed by atoms with Gasteiger partial charge >= 0.3 is 0 Å². The van der Waals surface area contributed by atoms with E-state index in [-0.39, 0.29) is 24.0 Å². The molecule has 5 nitrogen and oxygen atoms in total. The zero-order valence-corrected chi connectivity index (χ0v) is 10.3. The van der Waals surface area contributed by atoms with Gasteiger partial charge in [0.25, 0.3) is 0 Å². The van der Waals surface area contributed by atoms with Gasteiger partial charge in [-0.05, 0) is 20.9 Å². The minimum Gasteiger partial charge on any atom is -0.379 e. The van der Waals surface area contributed by atoms with E-state index in [4.69, 9.17) is 9.47 Å². The van der Waals surface area contributed by atoms with Crippen LogP contribution in [0.15, 0.2) is 0 Å². The molecular weight excluding hydrogens is 208 g/mol. The van der Waals surface area contributed by atoms with Gasteiger partial charge in [-0.1, -0.05) is 0 Å². The number of nitrogens with one attached hydrogen (secondary N) is 2. The standard InChI is InChI=1S/C11H22N2O3/c1-8(2)16-5-4-13-11(14)9-6-15-7-10(9)12-3/h8-10,12H,4-7H2,1-3H3,(H,13,14). The fourth-order valence-electron chi connectivity index (χ4n) is 1.70. The Morgan fingerprint density at radius 2 is 2.25 bits per heavy atom. The van der Waals surface area contributed by atoms with E-state index in [2.05, 4.69) is 10.6 Å². The molecule has 5 heteroatoms. The highest BCUT2D eigenvalue weighted by molar-refractivity contribution is 5.79. The Bertz CT molecular complexity index is 221. The molecule has 1 aliphatic rings. The van der Waals surface area contributed by atoms with Crippen LogP contribution in [0.4, 0.5) is 0 Å². The van der Waals surface area contributed by atoms with Crippen LogP contribution in [0.2, 0.25) is 0 Å². The van der Waals surface area contributed by atoms with Crippen molar-refractivity contribution in [2.75, 3.05) is 33.4 Å². The number of likely N-dealkylation sites (N-methyl/N-ethyl adjacent to an activating group) is 1. The minimum atomic E-state index is -0.0796. The van der Waals surface area contributed by atoms with Crippen LogP contribution in [-0.4, -0.2) is 51.5 Å². The lowest BCUT2D eigenvalue weighted by Crippen LogP contribution is -2.43. The van der Waals surface area contributed by atoms with Crippen molar-refractivity contribution in [2.45, 2.75) is 26.0 Å². The van der Waals surface area contributed by atoms with Crippen molar-refractivity contribution in [2.24, 2.45) is 5.92 Å². The molecule has 0 aromatic carbocycles. The van der Waals surface area contributed by atoms with Crippen molar-refractivity contribution in [1.82, 2.24) is 10.6 Å². The monoisotopic (exact) mass is 230 g/mol. The number of rotatable bonds is 6. The zero-order chi connectivity index (χ0) is 12.0. The van der Waals surface area contributed by atoms with Crippen LogP contribution in [0.25, 0.3) is 0 Å². The first-order valence-electron chi connectivity index (χ1n) is 5.79. The van der Waals surface area contributed by atoms with Gasteiger partial charge in [-0.2, -0.15) is 0 Å². The number of hydrogen-bond acceptors (Lipinski definition) is 4. The van der Waals surface area contributed by atoms with E-state index < -0.39 is 0 Å². The van der Waals surface area contributed by atoms with Crippen molar-refractivity contribution in [3.05, 3.63) is 0 Å². The molecule has 2 atom stereocenters. The van der Waals surface area contributed by atoms with E-state index in [1.54, 1.807) is 0 Å². The van der Waals surface area contributed by atoms with Gasteiger partial charge in [-0.15, -0.1) is 0 Å². The van der Waals surface area contributed by atoms with Crippen molar-refractivity contribution in [3.63, 3.8) is 0 Å². The van der Waals surface area contributed by atoms with Crippen LogP contribution in [-0.2, 0) is 14.3 Å². The van der Waals surface area contributed by atoms with Gasteiger partial charge in [0.2, 0.25) is 5.91 Å². The second-order valence-electron chi connectivity index (χ2n) is 4.25. The first-order chi connectivity index (χ1) is 7.65. The van der Waals surface area contributed by atoms with E-state index in [9.17, 15) is 4.79 Å². The lowest BCUT2D eigenvalue weighted by Gasteiger charge is -2.16. The summed E-state index contributed by atoms with van der Waals surface area (Å²) < 4.78 is 10.6. The molecule has 2 unspecified atom stereocenters. The summed E-state index contributed by atoms with van der Waals surface area (Å²) in [6.45, 7) is 6.18. The maximum Gasteiger partial charge on any atom is 0.227 e. The topological polar surface area (TPSA) is 59.6 Å². The Morgan fingerprint density at radius 1 is 1.50 bits per heavy atom. The molecule has 0 saturated carbocycles. The van der Waals surface area contributed by atoms with Crippen LogP contribution in [0.3, 0.4) is 0 Å². The van der Waals surface area contributed by atoms with Gasteiger partial charge in [-0.25, -0.2) is 0 Å². The average molecular weight is 230 g/mol. The van der Waals surface area contributed by atoms with Gasteiger partial charge < -0.3 is 20.1 Å². The lowest BCUT2D eigenvalue weighted by molar-refractivity contribution is -0.125. The smallest absolute Gasteiger partial charge is 0.227 e. The molecule has 0 aliphatic carbocycles. The van der Waals surface area contributed by atoms with Crippen LogP contribution in [0.1, 0.15) is 13.8 Å². The van der Waals surface area contributed by atoms with Gasteiger partial charge in [-0.3, -0.25) is 4.79 Å². The summed E-state index contributed by atoms with van der Waals surface area (Å²) in [6, 6.07) is 0.131. The second-order valence-corrected chi connectivity index (χ2v) is 4.25. The molecule has 1 fully saturated rings.